The Kier molecular flexibility index (Phi) is 5.49. The number of hydrogen-bond donors (Lipinski definition) is 0. The van der Waals surface area contributed by atoms with E-state index in [2.05, 4.69) is 13.8 Å². The smallest absolute Gasteiger partial charge is 0.257 e. The molecule has 1 saturated heterocycles. The highest BCUT2D eigenvalue weighted by Gasteiger charge is 2.51. The topological polar surface area (TPSA) is 29.5 Å². The van der Waals surface area contributed by atoms with Gasteiger partial charge in [0.1, 0.15) is 11.6 Å². The van der Waals surface area contributed by atoms with Crippen molar-refractivity contribution >= 4 is 5.91 Å². The molecule has 0 unspecified atom stereocenters. The maximum atomic E-state index is 15.4. The fraction of sp³-hybridized carbons (Fsp3) is 0.759. The third-order valence-electron chi connectivity index (χ3n) is 9.43. The van der Waals surface area contributed by atoms with Crippen molar-refractivity contribution in [3.05, 3.63) is 29.1 Å². The molecule has 0 N–H and O–H groups in total. The lowest BCUT2D eigenvalue weighted by Crippen LogP contribution is -2.48. The largest absolute Gasteiger partial charge is 0.493 e. The van der Waals surface area contributed by atoms with Gasteiger partial charge in [0.2, 0.25) is 0 Å². The molecule has 1 aromatic carbocycles. The maximum Gasteiger partial charge on any atom is 0.257 e. The predicted molar refractivity (Wildman–Crippen MR) is 128 cm³/mol. The van der Waals surface area contributed by atoms with Crippen molar-refractivity contribution in [2.45, 2.75) is 96.4 Å². The minimum Gasteiger partial charge on any atom is -0.493 e. The molecule has 180 valence electrons. The van der Waals surface area contributed by atoms with Crippen LogP contribution in [0.2, 0.25) is 0 Å². The van der Waals surface area contributed by atoms with Crippen LogP contribution in [0.3, 0.4) is 0 Å². The molecule has 5 aliphatic carbocycles. The van der Waals surface area contributed by atoms with Crippen LogP contribution in [0.15, 0.2) is 12.1 Å². The van der Waals surface area contributed by atoms with Crippen molar-refractivity contribution in [1.29, 1.82) is 0 Å². The molecule has 4 bridgehead atoms. The zero-order valence-corrected chi connectivity index (χ0v) is 20.5. The van der Waals surface area contributed by atoms with E-state index in [0.717, 1.165) is 68.6 Å². The van der Waals surface area contributed by atoms with E-state index < -0.39 is 5.82 Å². The van der Waals surface area contributed by atoms with Crippen LogP contribution in [0.4, 0.5) is 4.39 Å². The highest BCUT2D eigenvalue weighted by atomic mass is 19.1. The summed E-state index contributed by atoms with van der Waals surface area (Å²) in [7, 11) is 0. The van der Waals surface area contributed by atoms with Crippen LogP contribution in [-0.4, -0.2) is 30.0 Å². The molecule has 4 heteroatoms. The average Bonchev–Trinajstić information content (AvgIpc) is 3.49. The molecule has 1 aromatic rings. The number of halogens is 1. The van der Waals surface area contributed by atoms with Crippen molar-refractivity contribution in [3.63, 3.8) is 0 Å². The van der Waals surface area contributed by atoms with Crippen LogP contribution in [0.5, 0.6) is 5.75 Å². The Hall–Kier alpha value is -1.58. The molecular weight excluding hydrogens is 413 g/mol. The second-order valence-corrected chi connectivity index (χ2v) is 12.8. The molecule has 7 rings (SSSR count). The van der Waals surface area contributed by atoms with Crippen molar-refractivity contribution in [1.82, 2.24) is 4.90 Å². The summed E-state index contributed by atoms with van der Waals surface area (Å²) in [5.41, 5.74) is 1.64. The first-order valence-corrected chi connectivity index (χ1v) is 13.7. The minimum absolute atomic E-state index is 0.120. The Balaban J connectivity index is 1.22. The van der Waals surface area contributed by atoms with Gasteiger partial charge in [-0.2, -0.15) is 0 Å². The minimum atomic E-state index is -0.403. The number of hydrogen-bond acceptors (Lipinski definition) is 2. The van der Waals surface area contributed by atoms with E-state index in [1.54, 1.807) is 6.07 Å². The first-order chi connectivity index (χ1) is 15.9. The number of carbonyl (C=O) groups excluding carboxylic acids is 1. The summed E-state index contributed by atoms with van der Waals surface area (Å²) in [5, 5.41) is 0. The Morgan fingerprint density at radius 3 is 2.36 bits per heavy atom. The van der Waals surface area contributed by atoms with E-state index in [-0.39, 0.29) is 17.5 Å². The molecule has 1 aliphatic heterocycles. The van der Waals surface area contributed by atoms with Gasteiger partial charge in [0.15, 0.2) is 0 Å². The van der Waals surface area contributed by atoms with Gasteiger partial charge < -0.3 is 9.64 Å². The predicted octanol–water partition coefficient (Wildman–Crippen LogP) is 6.95. The van der Waals surface area contributed by atoms with Crippen LogP contribution in [0.1, 0.15) is 106 Å². The van der Waals surface area contributed by atoms with Crippen molar-refractivity contribution in [2.24, 2.45) is 29.1 Å². The third-order valence-corrected chi connectivity index (χ3v) is 9.43. The molecule has 0 spiro atoms. The number of nitrogens with zero attached hydrogens (tertiary/aromatic N) is 1. The van der Waals surface area contributed by atoms with Gasteiger partial charge in [0.25, 0.3) is 5.91 Å². The van der Waals surface area contributed by atoms with E-state index in [1.807, 2.05) is 11.0 Å². The molecule has 1 amide bonds. The lowest BCUT2D eigenvalue weighted by molar-refractivity contribution is -0.0747. The molecule has 1 atom stereocenters. The van der Waals surface area contributed by atoms with Gasteiger partial charge in [-0.1, -0.05) is 13.8 Å². The summed E-state index contributed by atoms with van der Waals surface area (Å²) in [4.78, 5) is 15.3. The molecule has 6 fully saturated rings. The van der Waals surface area contributed by atoms with Crippen molar-refractivity contribution in [2.75, 3.05) is 13.2 Å². The summed E-state index contributed by atoms with van der Waals surface area (Å²) in [6, 6.07) is 3.65. The van der Waals surface area contributed by atoms with Crippen LogP contribution in [-0.2, 0) is 0 Å². The number of ether oxygens (including phenoxy) is 1. The Labute approximate surface area is 198 Å². The van der Waals surface area contributed by atoms with E-state index in [9.17, 15) is 4.79 Å². The van der Waals surface area contributed by atoms with E-state index >= 15 is 4.39 Å². The second-order valence-electron chi connectivity index (χ2n) is 12.8. The molecule has 3 nitrogen and oxygen atoms in total. The molecule has 0 aromatic heterocycles. The maximum absolute atomic E-state index is 15.4. The molecular formula is C29H40FNO2. The van der Waals surface area contributed by atoms with Crippen LogP contribution < -0.4 is 4.74 Å². The number of amides is 1. The molecule has 6 aliphatic rings. The fourth-order valence-corrected chi connectivity index (χ4v) is 8.32. The lowest BCUT2D eigenvalue weighted by Gasteiger charge is -2.56. The SMILES string of the molecule is CC(C)C[C@@H]1CCCN1C(=O)c1cc(C2CC2)c(OCC23CC4CC(CC(C4)C2)C3)cc1F. The zero-order chi connectivity index (χ0) is 22.7. The van der Waals surface area contributed by atoms with Crippen molar-refractivity contribution < 1.29 is 13.9 Å². The van der Waals surface area contributed by atoms with E-state index in [4.69, 9.17) is 4.74 Å². The van der Waals surface area contributed by atoms with Gasteiger partial charge >= 0.3 is 0 Å². The van der Waals surface area contributed by atoms with Gasteiger partial charge in [0, 0.05) is 24.1 Å². The van der Waals surface area contributed by atoms with E-state index in [1.165, 1.54) is 38.5 Å². The highest BCUT2D eigenvalue weighted by molar-refractivity contribution is 5.95. The normalized spacial score (nSPS) is 35.0. The Morgan fingerprint density at radius 2 is 1.76 bits per heavy atom. The van der Waals surface area contributed by atoms with Gasteiger partial charge in [-0.15, -0.1) is 0 Å². The standard InChI is InChI=1S/C29H40FNO2/c1-18(2)8-23-4-3-7-31(23)28(32)25-12-24(22-5-6-22)27(13-26(25)30)33-17-29-14-19-9-20(15-29)11-21(10-19)16-29/h12-13,18-23H,3-11,14-17H2,1-2H3/t19?,20?,21?,23-,29?/m0/s1. The monoisotopic (exact) mass is 453 g/mol. The lowest BCUT2D eigenvalue weighted by atomic mass is 9.50. The van der Waals surface area contributed by atoms with E-state index in [0.29, 0.717) is 23.0 Å². The van der Waals surface area contributed by atoms with Crippen LogP contribution in [0, 0.1) is 34.9 Å². The first kappa shape index (κ1) is 21.9. The Morgan fingerprint density at radius 1 is 1.09 bits per heavy atom. The summed E-state index contributed by atoms with van der Waals surface area (Å²) < 4.78 is 21.8. The zero-order valence-electron chi connectivity index (χ0n) is 20.5. The van der Waals surface area contributed by atoms with Gasteiger partial charge in [-0.3, -0.25) is 4.79 Å². The summed E-state index contributed by atoms with van der Waals surface area (Å²) in [5.74, 6) is 3.81. The van der Waals surface area contributed by atoms with Crippen LogP contribution >= 0.6 is 0 Å². The quantitative estimate of drug-likeness (QED) is 0.447. The summed E-state index contributed by atoms with van der Waals surface area (Å²) >= 11 is 0. The number of carbonyl (C=O) groups is 1. The van der Waals surface area contributed by atoms with Gasteiger partial charge in [0.05, 0.1) is 12.2 Å². The molecule has 33 heavy (non-hydrogen) atoms. The number of rotatable bonds is 7. The van der Waals surface area contributed by atoms with Gasteiger partial charge in [-0.25, -0.2) is 4.39 Å². The fourth-order valence-electron chi connectivity index (χ4n) is 8.32. The average molecular weight is 454 g/mol. The Bertz CT molecular complexity index is 885. The van der Waals surface area contributed by atoms with Gasteiger partial charge in [-0.05, 0) is 112 Å². The highest BCUT2D eigenvalue weighted by Crippen LogP contribution is 2.60. The third kappa shape index (κ3) is 4.21. The van der Waals surface area contributed by atoms with Crippen molar-refractivity contribution in [3.8, 4) is 5.75 Å². The summed E-state index contributed by atoms with van der Waals surface area (Å²) in [6.45, 7) is 5.87. The molecule has 1 heterocycles. The first-order valence-electron chi connectivity index (χ1n) is 13.7. The molecule has 0 radical (unpaired) electrons. The summed E-state index contributed by atoms with van der Waals surface area (Å²) in [6.07, 6.45) is 13.4. The van der Waals surface area contributed by atoms with Crippen LogP contribution in [0.25, 0.3) is 0 Å². The second kappa shape index (κ2) is 8.27. The number of benzene rings is 1. The number of likely N-dealkylation sites (tertiary alicyclic amines) is 1. The molecule has 5 saturated carbocycles.